The summed E-state index contributed by atoms with van der Waals surface area (Å²) in [5, 5.41) is 9.68. The third-order valence-corrected chi connectivity index (χ3v) is 7.17. The van der Waals surface area contributed by atoms with E-state index < -0.39 is 12.1 Å². The van der Waals surface area contributed by atoms with E-state index in [1.807, 2.05) is 51.1 Å². The summed E-state index contributed by atoms with van der Waals surface area (Å²) in [6.07, 6.45) is 0.493. The largest absolute Gasteiger partial charge is 0.342 e. The van der Waals surface area contributed by atoms with Crippen LogP contribution in [0, 0.1) is 0 Å². The van der Waals surface area contributed by atoms with Gasteiger partial charge in [0, 0.05) is 29.8 Å². The Morgan fingerprint density at radius 2 is 1.72 bits per heavy atom. The molecule has 2 amide bonds. The maximum Gasteiger partial charge on any atom is 0.244 e. The molecule has 1 fully saturated rings. The number of aromatic nitrogens is 2. The molecular weight excluding hydrogens is 408 g/mol. The van der Waals surface area contributed by atoms with Gasteiger partial charge >= 0.3 is 0 Å². The summed E-state index contributed by atoms with van der Waals surface area (Å²) >= 11 is 0. The first kappa shape index (κ1) is 21.7. The van der Waals surface area contributed by atoms with Gasteiger partial charge in [-0.25, -0.2) is 0 Å². The molecule has 1 aliphatic rings. The van der Waals surface area contributed by atoms with Gasteiger partial charge in [-0.3, -0.25) is 9.59 Å². The molecule has 156 valence electrons. The SMILES string of the molecule is CC(C)c1noc([C@@H](C)CSSC[C@@H]2NC(=O)[C@@H](Cc3ccccc3)NC2=O)n1. The number of hydrogen-bond acceptors (Lipinski definition) is 7. The van der Waals surface area contributed by atoms with Crippen molar-refractivity contribution in [2.45, 2.75) is 51.1 Å². The highest BCUT2D eigenvalue weighted by atomic mass is 33.1. The van der Waals surface area contributed by atoms with E-state index in [0.717, 1.165) is 17.1 Å². The molecule has 3 atom stereocenters. The van der Waals surface area contributed by atoms with Gasteiger partial charge in [-0.2, -0.15) is 4.98 Å². The van der Waals surface area contributed by atoms with Gasteiger partial charge in [0.1, 0.15) is 12.1 Å². The smallest absolute Gasteiger partial charge is 0.244 e. The lowest BCUT2D eigenvalue weighted by molar-refractivity contribution is -0.136. The molecule has 29 heavy (non-hydrogen) atoms. The van der Waals surface area contributed by atoms with Gasteiger partial charge < -0.3 is 15.2 Å². The number of nitrogens with zero attached hydrogens (tertiary/aromatic N) is 2. The predicted octanol–water partition coefficient (Wildman–Crippen LogP) is 2.90. The van der Waals surface area contributed by atoms with Crippen LogP contribution in [0.4, 0.5) is 0 Å². The van der Waals surface area contributed by atoms with Crippen molar-refractivity contribution in [3.8, 4) is 0 Å². The molecule has 1 aliphatic heterocycles. The molecule has 0 unspecified atom stereocenters. The second kappa shape index (κ2) is 10.2. The number of amides is 2. The number of carbonyl (C=O) groups is 2. The van der Waals surface area contributed by atoms with Gasteiger partial charge in [0.05, 0.1) is 0 Å². The predicted molar refractivity (Wildman–Crippen MR) is 116 cm³/mol. The fourth-order valence-corrected chi connectivity index (χ4v) is 5.31. The van der Waals surface area contributed by atoms with E-state index in [2.05, 4.69) is 20.8 Å². The number of piperazine rings is 1. The lowest BCUT2D eigenvalue weighted by Gasteiger charge is -2.29. The van der Waals surface area contributed by atoms with Crippen molar-refractivity contribution in [3.63, 3.8) is 0 Å². The van der Waals surface area contributed by atoms with Crippen LogP contribution in [0.5, 0.6) is 0 Å². The summed E-state index contributed by atoms with van der Waals surface area (Å²) in [7, 11) is 3.19. The Labute approximate surface area is 178 Å². The van der Waals surface area contributed by atoms with Gasteiger partial charge in [-0.05, 0) is 5.56 Å². The first-order valence-corrected chi connectivity index (χ1v) is 12.2. The highest BCUT2D eigenvalue weighted by molar-refractivity contribution is 8.76. The van der Waals surface area contributed by atoms with Crippen LogP contribution >= 0.6 is 21.6 Å². The van der Waals surface area contributed by atoms with Crippen molar-refractivity contribution in [1.82, 2.24) is 20.8 Å². The molecule has 0 radical (unpaired) electrons. The first-order valence-electron chi connectivity index (χ1n) is 9.66. The molecule has 3 rings (SSSR count). The Balaban J connectivity index is 1.41. The fourth-order valence-electron chi connectivity index (χ4n) is 2.81. The van der Waals surface area contributed by atoms with E-state index >= 15 is 0 Å². The zero-order chi connectivity index (χ0) is 20.8. The molecule has 0 aliphatic carbocycles. The van der Waals surface area contributed by atoms with Crippen LogP contribution in [-0.4, -0.2) is 45.5 Å². The maximum absolute atomic E-state index is 12.4. The summed E-state index contributed by atoms with van der Waals surface area (Å²) in [5.41, 5.74) is 1.02. The standard InChI is InChI=1S/C20H26N4O3S2/c1-12(2)17-23-20(27-24-17)13(3)10-28-29-11-16-19(26)21-15(18(25)22-16)9-14-7-5-4-6-8-14/h4-8,12-13,15-16H,9-11H2,1-3H3,(H,21,26)(H,22,25)/t13-,15+,16-/m0/s1. The normalized spacial score (nSPS) is 20.4. The van der Waals surface area contributed by atoms with Crippen molar-refractivity contribution in [2.24, 2.45) is 0 Å². The second-order valence-corrected chi connectivity index (χ2v) is 9.98. The molecule has 1 saturated heterocycles. The highest BCUT2D eigenvalue weighted by Gasteiger charge is 2.33. The molecule has 1 aromatic carbocycles. The maximum atomic E-state index is 12.4. The molecule has 2 aromatic rings. The van der Waals surface area contributed by atoms with E-state index in [9.17, 15) is 9.59 Å². The van der Waals surface area contributed by atoms with Crippen LogP contribution in [-0.2, 0) is 16.0 Å². The van der Waals surface area contributed by atoms with Crippen LogP contribution in [0.3, 0.4) is 0 Å². The lowest BCUT2D eigenvalue weighted by Crippen LogP contribution is -2.63. The van der Waals surface area contributed by atoms with Crippen LogP contribution in [0.2, 0.25) is 0 Å². The van der Waals surface area contributed by atoms with Crippen LogP contribution in [0.25, 0.3) is 0 Å². The van der Waals surface area contributed by atoms with Crippen molar-refractivity contribution in [1.29, 1.82) is 0 Å². The van der Waals surface area contributed by atoms with Crippen LogP contribution < -0.4 is 10.6 Å². The van der Waals surface area contributed by atoms with Crippen LogP contribution in [0.1, 0.15) is 49.9 Å². The molecule has 0 bridgehead atoms. The monoisotopic (exact) mass is 434 g/mol. The topological polar surface area (TPSA) is 97.1 Å². The Morgan fingerprint density at radius 1 is 1.03 bits per heavy atom. The third kappa shape index (κ3) is 5.99. The molecule has 9 heteroatoms. The Kier molecular flexibility index (Phi) is 7.60. The average molecular weight is 435 g/mol. The van der Waals surface area contributed by atoms with Gasteiger partial charge in [-0.15, -0.1) is 0 Å². The zero-order valence-electron chi connectivity index (χ0n) is 16.8. The first-order chi connectivity index (χ1) is 13.9. The fraction of sp³-hybridized carbons (Fsp3) is 0.500. The summed E-state index contributed by atoms with van der Waals surface area (Å²) < 4.78 is 5.32. The molecule has 2 N–H and O–H groups in total. The average Bonchev–Trinajstić information content (AvgIpc) is 3.20. The number of carbonyl (C=O) groups excluding carboxylic acids is 2. The summed E-state index contributed by atoms with van der Waals surface area (Å²) in [4.78, 5) is 29.2. The van der Waals surface area contributed by atoms with E-state index in [0.29, 0.717) is 18.1 Å². The number of benzene rings is 1. The molecule has 2 heterocycles. The van der Waals surface area contributed by atoms with Crippen molar-refractivity contribution >= 4 is 33.4 Å². The van der Waals surface area contributed by atoms with Gasteiger partial charge in [0.15, 0.2) is 5.82 Å². The van der Waals surface area contributed by atoms with E-state index in [4.69, 9.17) is 4.52 Å². The third-order valence-electron chi connectivity index (χ3n) is 4.58. The van der Waals surface area contributed by atoms with E-state index in [1.54, 1.807) is 21.6 Å². The molecule has 0 saturated carbocycles. The quantitative estimate of drug-likeness (QED) is 0.463. The summed E-state index contributed by atoms with van der Waals surface area (Å²) in [5.74, 6) is 2.73. The van der Waals surface area contributed by atoms with Gasteiger partial charge in [-0.1, -0.05) is 77.8 Å². The van der Waals surface area contributed by atoms with Gasteiger partial charge in [0.25, 0.3) is 0 Å². The van der Waals surface area contributed by atoms with Crippen molar-refractivity contribution in [3.05, 3.63) is 47.6 Å². The highest BCUT2D eigenvalue weighted by Crippen LogP contribution is 2.29. The minimum absolute atomic E-state index is 0.123. The zero-order valence-corrected chi connectivity index (χ0v) is 18.4. The molecule has 1 aromatic heterocycles. The minimum Gasteiger partial charge on any atom is -0.342 e. The molecule has 0 spiro atoms. The second-order valence-electron chi connectivity index (χ2n) is 7.43. The molecule has 7 nitrogen and oxygen atoms in total. The minimum atomic E-state index is -0.522. The Morgan fingerprint density at radius 3 is 2.41 bits per heavy atom. The summed E-state index contributed by atoms with van der Waals surface area (Å²) in [6.45, 7) is 6.09. The van der Waals surface area contributed by atoms with Crippen molar-refractivity contribution < 1.29 is 14.1 Å². The number of rotatable bonds is 9. The van der Waals surface area contributed by atoms with E-state index in [1.165, 1.54) is 0 Å². The number of hydrogen-bond donors (Lipinski definition) is 2. The Hall–Kier alpha value is -2.00. The van der Waals surface area contributed by atoms with Crippen molar-refractivity contribution in [2.75, 3.05) is 11.5 Å². The van der Waals surface area contributed by atoms with E-state index in [-0.39, 0.29) is 23.7 Å². The Bertz CT molecular complexity index is 828. The number of nitrogens with one attached hydrogen (secondary N) is 2. The van der Waals surface area contributed by atoms with Gasteiger partial charge in [0.2, 0.25) is 17.7 Å². The lowest BCUT2D eigenvalue weighted by atomic mass is 10.0. The molecular formula is C20H26N4O3S2. The van der Waals surface area contributed by atoms with Crippen LogP contribution in [0.15, 0.2) is 34.9 Å². The summed E-state index contributed by atoms with van der Waals surface area (Å²) in [6, 6.07) is 8.64.